The lowest BCUT2D eigenvalue weighted by molar-refractivity contribution is 0.0941. The number of amides is 1. The summed E-state index contributed by atoms with van der Waals surface area (Å²) in [5.41, 5.74) is 0.500. The Hall–Kier alpha value is -2.21. The summed E-state index contributed by atoms with van der Waals surface area (Å²) in [6, 6.07) is 3.48. The number of imidazole rings is 1. The summed E-state index contributed by atoms with van der Waals surface area (Å²) in [7, 11) is 0. The third-order valence-electron chi connectivity index (χ3n) is 3.01. The molecule has 0 aliphatic rings. The van der Waals surface area contributed by atoms with E-state index >= 15 is 0 Å². The number of aliphatic hydroxyl groups excluding tert-OH is 1. The van der Waals surface area contributed by atoms with Gasteiger partial charge in [-0.1, -0.05) is 6.92 Å². The zero-order chi connectivity index (χ0) is 14.4. The van der Waals surface area contributed by atoms with Crippen molar-refractivity contribution in [3.05, 3.63) is 42.6 Å². The van der Waals surface area contributed by atoms with Crippen LogP contribution < -0.4 is 5.32 Å². The monoisotopic (exact) mass is 274 g/mol. The second kappa shape index (κ2) is 6.81. The van der Waals surface area contributed by atoms with E-state index in [0.717, 1.165) is 0 Å². The average molecular weight is 274 g/mol. The van der Waals surface area contributed by atoms with Gasteiger partial charge in [0.25, 0.3) is 5.91 Å². The Balaban J connectivity index is 1.91. The van der Waals surface area contributed by atoms with E-state index in [1.54, 1.807) is 35.4 Å². The fourth-order valence-corrected chi connectivity index (χ4v) is 1.73. The number of aliphatic hydroxyl groups is 1. The van der Waals surface area contributed by atoms with Gasteiger partial charge in [0.2, 0.25) is 0 Å². The van der Waals surface area contributed by atoms with Crippen LogP contribution in [0.15, 0.2) is 37.1 Å². The van der Waals surface area contributed by atoms with Crippen LogP contribution >= 0.6 is 0 Å². The predicted octanol–water partition coefficient (Wildman–Crippen LogP) is 1.16. The van der Waals surface area contributed by atoms with E-state index in [4.69, 9.17) is 0 Å². The average Bonchev–Trinajstić information content (AvgIpc) is 3.01. The summed E-state index contributed by atoms with van der Waals surface area (Å²) in [5.74, 6) is 0.526. The second-order valence-electron chi connectivity index (χ2n) is 4.48. The van der Waals surface area contributed by atoms with Gasteiger partial charge in [0.1, 0.15) is 12.1 Å². The molecule has 2 aromatic rings. The van der Waals surface area contributed by atoms with Gasteiger partial charge in [0.05, 0.1) is 11.7 Å². The van der Waals surface area contributed by atoms with Crippen LogP contribution in [0.1, 0.15) is 30.1 Å². The molecule has 2 heterocycles. The van der Waals surface area contributed by atoms with Crippen molar-refractivity contribution >= 4 is 5.91 Å². The van der Waals surface area contributed by atoms with Gasteiger partial charge in [-0.2, -0.15) is 0 Å². The minimum Gasteiger partial charge on any atom is -0.393 e. The van der Waals surface area contributed by atoms with Crippen molar-refractivity contribution in [3.63, 3.8) is 0 Å². The number of carbonyl (C=O) groups is 1. The molecule has 0 saturated carbocycles. The molecule has 0 aliphatic heterocycles. The zero-order valence-corrected chi connectivity index (χ0v) is 11.4. The summed E-state index contributed by atoms with van der Waals surface area (Å²) in [4.78, 5) is 20.0. The molecule has 0 bridgehead atoms. The Bertz CT molecular complexity index is 537. The summed E-state index contributed by atoms with van der Waals surface area (Å²) in [6.45, 7) is 2.36. The minimum absolute atomic E-state index is 0.182. The van der Waals surface area contributed by atoms with E-state index in [1.165, 1.54) is 6.20 Å². The number of carbonyl (C=O) groups excluding carboxylic acids is 1. The Kier molecular flexibility index (Phi) is 4.84. The van der Waals surface area contributed by atoms with E-state index in [1.807, 2.05) is 6.92 Å². The molecule has 2 rings (SSSR count). The number of hydrogen-bond donors (Lipinski definition) is 2. The van der Waals surface area contributed by atoms with E-state index in [9.17, 15) is 9.90 Å². The first-order valence-electron chi connectivity index (χ1n) is 6.61. The third kappa shape index (κ3) is 3.64. The summed E-state index contributed by atoms with van der Waals surface area (Å²) in [6.07, 6.45) is 7.52. The number of rotatable bonds is 6. The van der Waals surface area contributed by atoms with Crippen molar-refractivity contribution in [2.75, 3.05) is 6.54 Å². The molecule has 0 saturated heterocycles. The van der Waals surface area contributed by atoms with Gasteiger partial charge in [-0.3, -0.25) is 9.36 Å². The maximum Gasteiger partial charge on any atom is 0.252 e. The largest absolute Gasteiger partial charge is 0.393 e. The normalized spacial score (nSPS) is 12.1. The number of pyridine rings is 1. The van der Waals surface area contributed by atoms with Crippen molar-refractivity contribution in [2.24, 2.45) is 0 Å². The van der Waals surface area contributed by atoms with Crippen molar-refractivity contribution in [1.29, 1.82) is 0 Å². The van der Waals surface area contributed by atoms with Gasteiger partial charge in [-0.25, -0.2) is 9.97 Å². The van der Waals surface area contributed by atoms with Crippen LogP contribution in [0, 0.1) is 0 Å². The molecule has 0 spiro atoms. The number of nitrogens with zero attached hydrogens (tertiary/aromatic N) is 3. The summed E-state index contributed by atoms with van der Waals surface area (Å²) >= 11 is 0. The summed E-state index contributed by atoms with van der Waals surface area (Å²) in [5, 5.41) is 12.2. The molecular formula is C14H18N4O2. The number of nitrogens with one attached hydrogen (secondary N) is 1. The highest BCUT2D eigenvalue weighted by Gasteiger charge is 2.07. The fraction of sp³-hybridized carbons (Fsp3) is 0.357. The van der Waals surface area contributed by atoms with Crippen molar-refractivity contribution in [1.82, 2.24) is 19.9 Å². The van der Waals surface area contributed by atoms with Crippen LogP contribution in [0.3, 0.4) is 0 Å². The minimum atomic E-state index is -0.364. The molecule has 0 aliphatic carbocycles. The molecule has 2 aromatic heterocycles. The first-order chi connectivity index (χ1) is 9.70. The van der Waals surface area contributed by atoms with E-state index in [0.29, 0.717) is 30.8 Å². The molecule has 106 valence electrons. The fourth-order valence-electron chi connectivity index (χ4n) is 1.73. The molecule has 2 N–H and O–H groups in total. The SMILES string of the molecule is CCC(O)CCNC(=O)c1ccc(-n2ccnc2)nc1. The number of hydrogen-bond acceptors (Lipinski definition) is 4. The van der Waals surface area contributed by atoms with Crippen LogP contribution in [-0.4, -0.2) is 38.2 Å². The highest BCUT2D eigenvalue weighted by atomic mass is 16.3. The Morgan fingerprint density at radius 1 is 1.50 bits per heavy atom. The Morgan fingerprint density at radius 3 is 2.95 bits per heavy atom. The van der Waals surface area contributed by atoms with Crippen molar-refractivity contribution in [2.45, 2.75) is 25.9 Å². The molecule has 0 aromatic carbocycles. The highest BCUT2D eigenvalue weighted by molar-refractivity contribution is 5.93. The van der Waals surface area contributed by atoms with E-state index in [2.05, 4.69) is 15.3 Å². The Morgan fingerprint density at radius 2 is 2.35 bits per heavy atom. The smallest absolute Gasteiger partial charge is 0.252 e. The van der Waals surface area contributed by atoms with Gasteiger partial charge in [-0.05, 0) is 25.0 Å². The maximum atomic E-state index is 11.9. The van der Waals surface area contributed by atoms with Crippen LogP contribution in [-0.2, 0) is 0 Å². The summed E-state index contributed by atoms with van der Waals surface area (Å²) < 4.78 is 1.76. The zero-order valence-electron chi connectivity index (χ0n) is 11.4. The van der Waals surface area contributed by atoms with Crippen LogP contribution in [0.5, 0.6) is 0 Å². The first kappa shape index (κ1) is 14.2. The van der Waals surface area contributed by atoms with E-state index < -0.39 is 0 Å². The van der Waals surface area contributed by atoms with Gasteiger partial charge in [0, 0.05) is 25.1 Å². The van der Waals surface area contributed by atoms with Crippen molar-refractivity contribution in [3.8, 4) is 5.82 Å². The third-order valence-corrected chi connectivity index (χ3v) is 3.01. The van der Waals surface area contributed by atoms with Gasteiger partial charge in [0.15, 0.2) is 0 Å². The van der Waals surface area contributed by atoms with Gasteiger partial charge < -0.3 is 10.4 Å². The molecule has 0 fully saturated rings. The van der Waals surface area contributed by atoms with Gasteiger partial charge >= 0.3 is 0 Å². The number of aromatic nitrogens is 3. The molecule has 6 heteroatoms. The molecule has 1 unspecified atom stereocenters. The topological polar surface area (TPSA) is 80.0 Å². The quantitative estimate of drug-likeness (QED) is 0.828. The standard InChI is InChI=1S/C14H18N4O2/c1-2-12(19)5-6-16-14(20)11-3-4-13(17-9-11)18-8-7-15-10-18/h3-4,7-10,12,19H,2,5-6H2,1H3,(H,16,20). The molecule has 1 atom stereocenters. The maximum absolute atomic E-state index is 11.9. The van der Waals surface area contributed by atoms with Crippen molar-refractivity contribution < 1.29 is 9.90 Å². The second-order valence-corrected chi connectivity index (χ2v) is 4.48. The van der Waals surface area contributed by atoms with Crippen LogP contribution in [0.25, 0.3) is 5.82 Å². The highest BCUT2D eigenvalue weighted by Crippen LogP contribution is 2.05. The first-order valence-corrected chi connectivity index (χ1v) is 6.61. The lowest BCUT2D eigenvalue weighted by Crippen LogP contribution is -2.27. The lowest BCUT2D eigenvalue weighted by Gasteiger charge is -2.09. The molecular weight excluding hydrogens is 256 g/mol. The van der Waals surface area contributed by atoms with Crippen LogP contribution in [0.2, 0.25) is 0 Å². The molecule has 1 amide bonds. The molecule has 0 radical (unpaired) electrons. The molecule has 6 nitrogen and oxygen atoms in total. The van der Waals surface area contributed by atoms with Gasteiger partial charge in [-0.15, -0.1) is 0 Å². The predicted molar refractivity (Wildman–Crippen MR) is 74.6 cm³/mol. The lowest BCUT2D eigenvalue weighted by atomic mass is 10.2. The molecule has 20 heavy (non-hydrogen) atoms. The van der Waals surface area contributed by atoms with Crippen LogP contribution in [0.4, 0.5) is 0 Å². The van der Waals surface area contributed by atoms with E-state index in [-0.39, 0.29) is 12.0 Å². The Labute approximate surface area is 117 Å².